The van der Waals surface area contributed by atoms with Gasteiger partial charge in [0.2, 0.25) is 0 Å². The summed E-state index contributed by atoms with van der Waals surface area (Å²) in [7, 11) is 1.42. The third-order valence-corrected chi connectivity index (χ3v) is 2.18. The summed E-state index contributed by atoms with van der Waals surface area (Å²) in [6.07, 6.45) is 1.53. The van der Waals surface area contributed by atoms with E-state index in [4.69, 9.17) is 10.7 Å². The van der Waals surface area contributed by atoms with Crippen LogP contribution in [-0.4, -0.2) is 14.5 Å². The van der Waals surface area contributed by atoms with Crippen LogP contribution < -0.4 is 4.72 Å². The van der Waals surface area contributed by atoms with Crippen LogP contribution in [0.2, 0.25) is 0 Å². The molecule has 5 heteroatoms. The maximum Gasteiger partial charge on any atom is 0.297 e. The van der Waals surface area contributed by atoms with Crippen molar-refractivity contribution in [1.82, 2.24) is 4.72 Å². The highest BCUT2D eigenvalue weighted by Gasteiger charge is 2.10. The molecule has 0 aliphatic carbocycles. The van der Waals surface area contributed by atoms with Crippen LogP contribution in [0.4, 0.5) is 0 Å². The molecule has 0 aromatic carbocycles. The van der Waals surface area contributed by atoms with E-state index in [-0.39, 0.29) is 6.04 Å². The van der Waals surface area contributed by atoms with Crippen molar-refractivity contribution in [2.45, 2.75) is 32.7 Å². The van der Waals surface area contributed by atoms with Crippen molar-refractivity contribution < 1.29 is 8.42 Å². The van der Waals surface area contributed by atoms with E-state index in [1.54, 1.807) is 0 Å². The molecule has 0 aliphatic rings. The van der Waals surface area contributed by atoms with Gasteiger partial charge in [0.1, 0.15) is 0 Å². The molecule has 0 radical (unpaired) electrons. The Morgan fingerprint density at radius 3 is 1.90 bits per heavy atom. The molecule has 0 unspecified atom stereocenters. The van der Waals surface area contributed by atoms with Crippen LogP contribution in [0.5, 0.6) is 0 Å². The normalized spacial score (nSPS) is 12.4. The standard InChI is InChI=1S/C5H12ClNO2S/c1-3-5(4-2)7-10(6,8)9/h5,7H,3-4H2,1-2H3. The Balaban J connectivity index is 3.87. The fourth-order valence-corrected chi connectivity index (χ4v) is 1.76. The van der Waals surface area contributed by atoms with Gasteiger partial charge in [-0.15, -0.1) is 0 Å². The summed E-state index contributed by atoms with van der Waals surface area (Å²) in [4.78, 5) is 0. The zero-order valence-electron chi connectivity index (χ0n) is 6.09. The summed E-state index contributed by atoms with van der Waals surface area (Å²) < 4.78 is 23.1. The lowest BCUT2D eigenvalue weighted by Crippen LogP contribution is -2.30. The second-order valence-corrected chi connectivity index (χ2v) is 4.40. The van der Waals surface area contributed by atoms with Gasteiger partial charge in [-0.1, -0.05) is 13.8 Å². The predicted molar refractivity (Wildman–Crippen MR) is 42.3 cm³/mol. The fraction of sp³-hybridized carbons (Fsp3) is 1.00. The van der Waals surface area contributed by atoms with E-state index < -0.39 is 9.24 Å². The molecule has 1 N–H and O–H groups in total. The van der Waals surface area contributed by atoms with Gasteiger partial charge in [0, 0.05) is 16.7 Å². The second-order valence-electron chi connectivity index (χ2n) is 2.07. The highest BCUT2D eigenvalue weighted by molar-refractivity contribution is 8.12. The van der Waals surface area contributed by atoms with Crippen LogP contribution in [-0.2, 0) is 9.24 Å². The Kier molecular flexibility index (Phi) is 4.24. The van der Waals surface area contributed by atoms with Crippen molar-refractivity contribution in [1.29, 1.82) is 0 Å². The minimum absolute atomic E-state index is 0.0255. The lowest BCUT2D eigenvalue weighted by molar-refractivity contribution is 0.541. The van der Waals surface area contributed by atoms with Gasteiger partial charge in [-0.25, -0.2) is 0 Å². The number of nitrogens with one attached hydrogen (secondary N) is 1. The van der Waals surface area contributed by atoms with Crippen molar-refractivity contribution in [3.05, 3.63) is 0 Å². The summed E-state index contributed by atoms with van der Waals surface area (Å²) in [5, 5.41) is 0. The molecular weight excluding hydrogens is 174 g/mol. The molecule has 0 amide bonds. The van der Waals surface area contributed by atoms with E-state index >= 15 is 0 Å². The van der Waals surface area contributed by atoms with Gasteiger partial charge >= 0.3 is 0 Å². The zero-order chi connectivity index (χ0) is 8.20. The Bertz CT molecular complexity index is 174. The Morgan fingerprint density at radius 2 is 1.80 bits per heavy atom. The highest BCUT2D eigenvalue weighted by atomic mass is 35.7. The van der Waals surface area contributed by atoms with Crippen LogP contribution in [0.15, 0.2) is 0 Å². The summed E-state index contributed by atoms with van der Waals surface area (Å²) in [5.74, 6) is 0. The molecular formula is C5H12ClNO2S. The van der Waals surface area contributed by atoms with E-state index in [1.165, 1.54) is 0 Å². The first kappa shape index (κ1) is 10.2. The molecule has 0 spiro atoms. The van der Waals surface area contributed by atoms with Crippen molar-refractivity contribution in [2.75, 3.05) is 0 Å². The lowest BCUT2D eigenvalue weighted by atomic mass is 10.2. The predicted octanol–water partition coefficient (Wildman–Crippen LogP) is 1.25. The molecule has 0 rings (SSSR count). The molecule has 0 aromatic heterocycles. The van der Waals surface area contributed by atoms with E-state index in [1.807, 2.05) is 13.8 Å². The van der Waals surface area contributed by atoms with Gasteiger partial charge in [0.05, 0.1) is 0 Å². The smallest absolute Gasteiger partial charge is 0.199 e. The Hall–Kier alpha value is 0.200. The van der Waals surface area contributed by atoms with Crippen LogP contribution >= 0.6 is 10.7 Å². The first-order chi connectivity index (χ1) is 4.49. The summed E-state index contributed by atoms with van der Waals surface area (Å²) >= 11 is 0. The molecule has 0 saturated heterocycles. The molecule has 62 valence electrons. The topological polar surface area (TPSA) is 46.2 Å². The summed E-state index contributed by atoms with van der Waals surface area (Å²) in [6, 6.07) is -0.0255. The zero-order valence-corrected chi connectivity index (χ0v) is 7.67. The van der Waals surface area contributed by atoms with Crippen molar-refractivity contribution >= 4 is 19.9 Å². The molecule has 0 aromatic rings. The van der Waals surface area contributed by atoms with Gasteiger partial charge in [0.15, 0.2) is 0 Å². The van der Waals surface area contributed by atoms with Crippen molar-refractivity contribution in [3.8, 4) is 0 Å². The van der Waals surface area contributed by atoms with Crippen LogP contribution in [0.1, 0.15) is 26.7 Å². The van der Waals surface area contributed by atoms with Crippen LogP contribution in [0.25, 0.3) is 0 Å². The molecule has 0 heterocycles. The minimum Gasteiger partial charge on any atom is -0.199 e. The SMILES string of the molecule is CCC(CC)NS(=O)(=O)Cl. The maximum absolute atomic E-state index is 10.4. The van der Waals surface area contributed by atoms with Gasteiger partial charge in [-0.2, -0.15) is 13.1 Å². The van der Waals surface area contributed by atoms with Gasteiger partial charge in [-0.3, -0.25) is 0 Å². The maximum atomic E-state index is 10.4. The van der Waals surface area contributed by atoms with Gasteiger partial charge in [-0.05, 0) is 12.8 Å². The first-order valence-electron chi connectivity index (χ1n) is 3.21. The number of hydrogen-bond acceptors (Lipinski definition) is 2. The van der Waals surface area contributed by atoms with Crippen LogP contribution in [0, 0.1) is 0 Å². The molecule has 0 saturated carbocycles. The Labute approximate surface area is 66.3 Å². The highest BCUT2D eigenvalue weighted by Crippen LogP contribution is 2.00. The first-order valence-corrected chi connectivity index (χ1v) is 5.52. The van der Waals surface area contributed by atoms with E-state index in [0.717, 1.165) is 12.8 Å². The van der Waals surface area contributed by atoms with Gasteiger partial charge in [0.25, 0.3) is 9.24 Å². The summed E-state index contributed by atoms with van der Waals surface area (Å²) in [6.45, 7) is 3.81. The summed E-state index contributed by atoms with van der Waals surface area (Å²) in [5.41, 5.74) is 0. The van der Waals surface area contributed by atoms with E-state index in [2.05, 4.69) is 4.72 Å². The van der Waals surface area contributed by atoms with Crippen LogP contribution in [0.3, 0.4) is 0 Å². The molecule has 0 aliphatic heterocycles. The molecule has 0 bridgehead atoms. The average molecular weight is 186 g/mol. The van der Waals surface area contributed by atoms with Crippen molar-refractivity contribution in [3.63, 3.8) is 0 Å². The molecule has 3 nitrogen and oxygen atoms in total. The minimum atomic E-state index is -3.53. The number of rotatable bonds is 4. The fourth-order valence-electron chi connectivity index (χ4n) is 0.654. The quantitative estimate of drug-likeness (QED) is 0.671. The van der Waals surface area contributed by atoms with E-state index in [9.17, 15) is 8.42 Å². The molecule has 0 fully saturated rings. The second kappa shape index (κ2) is 4.16. The third-order valence-electron chi connectivity index (χ3n) is 1.29. The largest absolute Gasteiger partial charge is 0.297 e. The lowest BCUT2D eigenvalue weighted by Gasteiger charge is -2.10. The monoisotopic (exact) mass is 185 g/mol. The Morgan fingerprint density at radius 1 is 1.40 bits per heavy atom. The van der Waals surface area contributed by atoms with E-state index in [0.29, 0.717) is 0 Å². The molecule has 0 atom stereocenters. The molecule has 10 heavy (non-hydrogen) atoms. The van der Waals surface area contributed by atoms with Gasteiger partial charge < -0.3 is 0 Å². The van der Waals surface area contributed by atoms with Crippen molar-refractivity contribution in [2.24, 2.45) is 0 Å². The average Bonchev–Trinajstić information content (AvgIpc) is 1.81. The number of halogens is 1. The number of hydrogen-bond donors (Lipinski definition) is 1. The third kappa shape index (κ3) is 5.02.